The molecule has 32 heavy (non-hydrogen) atoms. The summed E-state index contributed by atoms with van der Waals surface area (Å²) in [6.07, 6.45) is 0. The van der Waals surface area contributed by atoms with E-state index in [1.54, 1.807) is 18.7 Å². The van der Waals surface area contributed by atoms with Gasteiger partial charge in [0.05, 0.1) is 13.2 Å². The zero-order valence-electron chi connectivity index (χ0n) is 18.4. The van der Waals surface area contributed by atoms with E-state index in [4.69, 9.17) is 9.47 Å². The van der Waals surface area contributed by atoms with Gasteiger partial charge in [-0.3, -0.25) is 4.79 Å². The Kier molecular flexibility index (Phi) is 6.51. The Labute approximate surface area is 192 Å². The van der Waals surface area contributed by atoms with E-state index in [-0.39, 0.29) is 18.5 Å². The quantitative estimate of drug-likeness (QED) is 0.444. The van der Waals surface area contributed by atoms with Crippen molar-refractivity contribution in [2.75, 3.05) is 18.1 Å². The molecule has 0 radical (unpaired) electrons. The number of esters is 1. The minimum Gasteiger partial charge on any atom is -0.482 e. The molecule has 0 N–H and O–H groups in total. The number of anilines is 1. The van der Waals surface area contributed by atoms with E-state index in [9.17, 15) is 9.59 Å². The first-order valence-corrected chi connectivity index (χ1v) is 11.3. The summed E-state index contributed by atoms with van der Waals surface area (Å²) in [4.78, 5) is 28.5. The van der Waals surface area contributed by atoms with Crippen LogP contribution in [0.25, 0.3) is 0 Å². The van der Waals surface area contributed by atoms with Crippen LogP contribution in [0, 0.1) is 13.8 Å². The van der Waals surface area contributed by atoms with Gasteiger partial charge >= 0.3 is 5.97 Å². The molecule has 1 aliphatic rings. The molecule has 0 aliphatic carbocycles. The van der Waals surface area contributed by atoms with Crippen molar-refractivity contribution in [2.45, 2.75) is 37.1 Å². The fourth-order valence-electron chi connectivity index (χ4n) is 3.65. The van der Waals surface area contributed by atoms with Gasteiger partial charge in [0.1, 0.15) is 5.75 Å². The number of nitrogens with zero attached hydrogens (tertiary/aromatic N) is 1. The van der Waals surface area contributed by atoms with Crippen molar-refractivity contribution < 1.29 is 19.1 Å². The lowest BCUT2D eigenvalue weighted by Gasteiger charge is -2.16. The van der Waals surface area contributed by atoms with E-state index in [1.165, 1.54) is 5.56 Å². The Morgan fingerprint density at radius 3 is 2.56 bits per heavy atom. The second-order valence-electron chi connectivity index (χ2n) is 7.63. The van der Waals surface area contributed by atoms with Crippen LogP contribution in [0.3, 0.4) is 0 Å². The molecule has 0 atom stereocenters. The third-order valence-electron chi connectivity index (χ3n) is 5.30. The molecular formula is C26H25NO4S. The maximum Gasteiger partial charge on any atom is 0.344 e. The fourth-order valence-corrected chi connectivity index (χ4v) is 4.72. The third-order valence-corrected chi connectivity index (χ3v) is 6.39. The molecule has 3 aromatic carbocycles. The molecule has 5 nitrogen and oxygen atoms in total. The predicted molar refractivity (Wildman–Crippen MR) is 126 cm³/mol. The summed E-state index contributed by atoms with van der Waals surface area (Å²) in [6.45, 7) is 6.53. The van der Waals surface area contributed by atoms with Crippen molar-refractivity contribution in [1.82, 2.24) is 0 Å². The highest BCUT2D eigenvalue weighted by Crippen LogP contribution is 2.38. The largest absolute Gasteiger partial charge is 0.482 e. The number of rotatable bonds is 7. The van der Waals surface area contributed by atoms with Gasteiger partial charge in [-0.2, -0.15) is 0 Å². The van der Waals surface area contributed by atoms with Gasteiger partial charge in [-0.15, -0.1) is 0 Å². The average Bonchev–Trinajstić information content (AvgIpc) is 3.11. The number of benzene rings is 3. The van der Waals surface area contributed by atoms with Gasteiger partial charge in [0.2, 0.25) is 0 Å². The summed E-state index contributed by atoms with van der Waals surface area (Å²) in [5.41, 5.74) is 4.81. The van der Waals surface area contributed by atoms with Gasteiger partial charge in [-0.1, -0.05) is 35.5 Å². The van der Waals surface area contributed by atoms with E-state index >= 15 is 0 Å². The van der Waals surface area contributed by atoms with Gasteiger partial charge in [0.15, 0.2) is 6.61 Å². The van der Waals surface area contributed by atoms with Crippen molar-refractivity contribution in [3.63, 3.8) is 0 Å². The van der Waals surface area contributed by atoms with Crippen LogP contribution >= 0.6 is 11.8 Å². The molecule has 0 bridgehead atoms. The van der Waals surface area contributed by atoms with E-state index in [2.05, 4.69) is 6.07 Å². The number of hydrogen-bond acceptors (Lipinski definition) is 5. The highest BCUT2D eigenvalue weighted by Gasteiger charge is 2.30. The minimum absolute atomic E-state index is 0.0326. The molecule has 1 heterocycles. The van der Waals surface area contributed by atoms with Crippen LogP contribution in [0.4, 0.5) is 5.69 Å². The molecule has 0 saturated carbocycles. The summed E-state index contributed by atoms with van der Waals surface area (Å²) in [7, 11) is 0. The van der Waals surface area contributed by atoms with Crippen LogP contribution in [0.1, 0.15) is 34.0 Å². The predicted octanol–water partition coefficient (Wildman–Crippen LogP) is 5.56. The Morgan fingerprint density at radius 1 is 1.06 bits per heavy atom. The second kappa shape index (κ2) is 9.49. The molecule has 0 fully saturated rings. The number of hydrogen-bond donors (Lipinski definition) is 0. The topological polar surface area (TPSA) is 55.8 Å². The van der Waals surface area contributed by atoms with Crippen LogP contribution in [0.15, 0.2) is 70.5 Å². The smallest absolute Gasteiger partial charge is 0.344 e. The minimum atomic E-state index is -0.381. The number of amides is 1. The van der Waals surface area contributed by atoms with Gasteiger partial charge in [-0.25, -0.2) is 4.79 Å². The molecule has 3 aromatic rings. The molecular weight excluding hydrogens is 422 g/mol. The van der Waals surface area contributed by atoms with Gasteiger partial charge < -0.3 is 14.4 Å². The molecule has 164 valence electrons. The zero-order valence-corrected chi connectivity index (χ0v) is 19.2. The van der Waals surface area contributed by atoms with Crippen molar-refractivity contribution in [3.8, 4) is 5.75 Å². The summed E-state index contributed by atoms with van der Waals surface area (Å²) in [5, 5.41) is 0. The number of fused-ring (bicyclic) bond motifs is 1. The van der Waals surface area contributed by atoms with Crippen LogP contribution in [-0.4, -0.2) is 25.1 Å². The second-order valence-corrected chi connectivity index (χ2v) is 8.75. The molecule has 1 aliphatic heterocycles. The first kappa shape index (κ1) is 22.0. The molecule has 0 aromatic heterocycles. The van der Waals surface area contributed by atoms with Gasteiger partial charge in [-0.05, 0) is 74.4 Å². The van der Waals surface area contributed by atoms with E-state index < -0.39 is 0 Å². The first-order chi connectivity index (χ1) is 15.5. The summed E-state index contributed by atoms with van der Waals surface area (Å²) in [5.74, 6) is 0.305. The van der Waals surface area contributed by atoms with Gasteiger partial charge in [0.25, 0.3) is 5.91 Å². The maximum absolute atomic E-state index is 13.0. The Morgan fingerprint density at radius 2 is 1.84 bits per heavy atom. The Bertz CT molecular complexity index is 1160. The number of carbonyl (C=O) groups excluding carboxylic acids is 2. The normalized spacial score (nSPS) is 12.6. The molecule has 4 rings (SSSR count). The Balaban J connectivity index is 1.51. The standard InChI is InChI=1S/C26H25NO4S/c1-4-30-25(28)16-31-23-13-12-20(14-18(23)3)32-24-7-5-6-21-22(24)15-27(26(21)29)19-10-8-17(2)9-11-19/h5-14H,4,15-16H2,1-3H3. The fraction of sp³-hybridized carbons (Fsp3) is 0.231. The lowest BCUT2D eigenvalue weighted by atomic mass is 10.1. The molecule has 0 unspecified atom stereocenters. The van der Waals surface area contributed by atoms with Crippen LogP contribution in [0.5, 0.6) is 5.75 Å². The van der Waals surface area contributed by atoms with Crippen molar-refractivity contribution in [1.29, 1.82) is 0 Å². The van der Waals surface area contributed by atoms with Crippen molar-refractivity contribution in [3.05, 3.63) is 82.9 Å². The van der Waals surface area contributed by atoms with E-state index in [1.807, 2.05) is 73.3 Å². The monoisotopic (exact) mass is 447 g/mol. The third kappa shape index (κ3) is 4.65. The average molecular weight is 448 g/mol. The molecule has 6 heteroatoms. The lowest BCUT2D eigenvalue weighted by Crippen LogP contribution is -2.22. The molecule has 1 amide bonds. The molecule has 0 spiro atoms. The summed E-state index contributed by atoms with van der Waals surface area (Å²) in [6, 6.07) is 19.8. The van der Waals surface area contributed by atoms with Crippen LogP contribution in [-0.2, 0) is 16.1 Å². The highest BCUT2D eigenvalue weighted by atomic mass is 32.2. The Hall–Kier alpha value is -3.25. The number of ether oxygens (including phenoxy) is 2. The SMILES string of the molecule is CCOC(=O)COc1ccc(Sc2cccc3c2CN(c2ccc(C)cc2)C3=O)cc1C. The van der Waals surface area contributed by atoms with Crippen molar-refractivity contribution in [2.24, 2.45) is 0 Å². The summed E-state index contributed by atoms with van der Waals surface area (Å²) < 4.78 is 10.5. The number of aryl methyl sites for hydroxylation is 2. The number of carbonyl (C=O) groups is 2. The molecule has 0 saturated heterocycles. The lowest BCUT2D eigenvalue weighted by molar-refractivity contribution is -0.145. The van der Waals surface area contributed by atoms with Crippen LogP contribution in [0.2, 0.25) is 0 Å². The van der Waals surface area contributed by atoms with Crippen LogP contribution < -0.4 is 9.64 Å². The maximum atomic E-state index is 13.0. The van der Waals surface area contributed by atoms with E-state index in [0.717, 1.165) is 32.2 Å². The van der Waals surface area contributed by atoms with Gasteiger partial charge in [0, 0.05) is 21.0 Å². The zero-order chi connectivity index (χ0) is 22.7. The summed E-state index contributed by atoms with van der Waals surface area (Å²) >= 11 is 1.62. The first-order valence-electron chi connectivity index (χ1n) is 10.5. The van der Waals surface area contributed by atoms with E-state index in [0.29, 0.717) is 18.9 Å². The van der Waals surface area contributed by atoms with Crippen molar-refractivity contribution >= 4 is 29.3 Å². The highest BCUT2D eigenvalue weighted by molar-refractivity contribution is 7.99.